The number of anilines is 1. The predicted molar refractivity (Wildman–Crippen MR) is 78.7 cm³/mol. The number of pyridine rings is 1. The van der Waals surface area contributed by atoms with Crippen LogP contribution in [0.3, 0.4) is 0 Å². The first-order valence-corrected chi connectivity index (χ1v) is 8.42. The molecule has 1 fully saturated rings. The van der Waals surface area contributed by atoms with Gasteiger partial charge in [0, 0.05) is 24.8 Å². The molecule has 1 saturated heterocycles. The molecule has 0 aromatic carbocycles. The Morgan fingerprint density at radius 2 is 2.10 bits per heavy atom. The van der Waals surface area contributed by atoms with Crippen LogP contribution in [0.2, 0.25) is 0 Å². The highest BCUT2D eigenvalue weighted by Gasteiger charge is 2.20. The maximum atomic E-state index is 12.2. The van der Waals surface area contributed by atoms with Crippen molar-refractivity contribution in [2.75, 3.05) is 25.4 Å². The first kappa shape index (κ1) is 15.2. The molecule has 6 nitrogen and oxygen atoms in total. The molecule has 112 valence electrons. The average molecular weight is 298 g/mol. The fourth-order valence-electron chi connectivity index (χ4n) is 2.40. The summed E-state index contributed by atoms with van der Waals surface area (Å²) in [5.74, 6) is 0.206. The molecule has 1 aliphatic heterocycles. The summed E-state index contributed by atoms with van der Waals surface area (Å²) in [6.45, 7) is 4.55. The van der Waals surface area contributed by atoms with Gasteiger partial charge in [-0.05, 0) is 38.9 Å². The summed E-state index contributed by atoms with van der Waals surface area (Å²) in [7, 11) is -3.51. The third-order valence-corrected chi connectivity index (χ3v) is 5.07. The van der Waals surface area contributed by atoms with Crippen LogP contribution in [0.5, 0.6) is 0 Å². The average Bonchev–Trinajstić information content (AvgIpc) is 2.46. The second-order valence-corrected chi connectivity index (χ2v) is 6.98. The van der Waals surface area contributed by atoms with E-state index in [0.29, 0.717) is 6.54 Å². The molecule has 0 spiro atoms. The molecular weight excluding hydrogens is 276 g/mol. The molecule has 20 heavy (non-hydrogen) atoms. The molecule has 0 saturated carbocycles. The first-order valence-electron chi connectivity index (χ1n) is 6.94. The normalized spacial score (nSPS) is 18.9. The Kier molecular flexibility index (Phi) is 4.95. The van der Waals surface area contributed by atoms with E-state index in [9.17, 15) is 8.42 Å². The molecule has 7 heteroatoms. The van der Waals surface area contributed by atoms with Gasteiger partial charge < -0.3 is 5.73 Å². The molecule has 1 aromatic heterocycles. The zero-order valence-corrected chi connectivity index (χ0v) is 12.6. The maximum Gasteiger partial charge on any atom is 0.240 e. The summed E-state index contributed by atoms with van der Waals surface area (Å²) < 4.78 is 27.0. The van der Waals surface area contributed by atoms with Crippen LogP contribution in [0.1, 0.15) is 26.2 Å². The summed E-state index contributed by atoms with van der Waals surface area (Å²) >= 11 is 0. The van der Waals surface area contributed by atoms with E-state index in [1.54, 1.807) is 0 Å². The molecule has 0 aliphatic carbocycles. The molecule has 1 atom stereocenters. The second kappa shape index (κ2) is 6.51. The molecule has 1 unspecified atom stereocenters. The van der Waals surface area contributed by atoms with E-state index in [2.05, 4.69) is 21.5 Å². The Labute approximate surface area is 120 Å². The van der Waals surface area contributed by atoms with Gasteiger partial charge in [-0.15, -0.1) is 0 Å². The fourth-order valence-corrected chi connectivity index (χ4v) is 3.54. The van der Waals surface area contributed by atoms with Crippen molar-refractivity contribution in [2.45, 2.75) is 37.1 Å². The largest absolute Gasteiger partial charge is 0.384 e. The third-order valence-electron chi connectivity index (χ3n) is 3.65. The lowest BCUT2D eigenvalue weighted by Gasteiger charge is -2.32. The number of rotatable bonds is 5. The van der Waals surface area contributed by atoms with Gasteiger partial charge in [-0.1, -0.05) is 6.42 Å². The highest BCUT2D eigenvalue weighted by molar-refractivity contribution is 7.89. The quantitative estimate of drug-likeness (QED) is 0.840. The lowest BCUT2D eigenvalue weighted by molar-refractivity contribution is 0.175. The standard InChI is InChI=1S/C13H22N4O2S/c1-11(17-7-3-2-4-8-17)10-16-20(18,19)12-5-6-15-13(14)9-12/h5-6,9,11,16H,2-4,7-8,10H2,1H3,(H2,14,15). The molecule has 1 aliphatic rings. The van der Waals surface area contributed by atoms with E-state index in [-0.39, 0.29) is 16.8 Å². The summed E-state index contributed by atoms with van der Waals surface area (Å²) in [4.78, 5) is 6.29. The number of hydrogen-bond donors (Lipinski definition) is 2. The van der Waals surface area contributed by atoms with Crippen molar-refractivity contribution in [3.63, 3.8) is 0 Å². The van der Waals surface area contributed by atoms with E-state index in [0.717, 1.165) is 13.1 Å². The van der Waals surface area contributed by atoms with Crippen LogP contribution in [-0.4, -0.2) is 44.0 Å². The van der Waals surface area contributed by atoms with Gasteiger partial charge in [-0.25, -0.2) is 18.1 Å². The number of piperidine rings is 1. The summed E-state index contributed by atoms with van der Waals surface area (Å²) in [6.07, 6.45) is 5.05. The topological polar surface area (TPSA) is 88.3 Å². The lowest BCUT2D eigenvalue weighted by Crippen LogP contribution is -2.44. The number of sulfonamides is 1. The van der Waals surface area contributed by atoms with Gasteiger partial charge in [0.05, 0.1) is 4.90 Å². The Hall–Kier alpha value is -1.18. The minimum absolute atomic E-state index is 0.163. The number of nitrogens with one attached hydrogen (secondary N) is 1. The van der Waals surface area contributed by atoms with Crippen molar-refractivity contribution in [3.05, 3.63) is 18.3 Å². The number of likely N-dealkylation sites (tertiary alicyclic amines) is 1. The minimum Gasteiger partial charge on any atom is -0.384 e. The van der Waals surface area contributed by atoms with E-state index in [1.807, 2.05) is 0 Å². The predicted octanol–water partition coefficient (Wildman–Crippen LogP) is 0.816. The van der Waals surface area contributed by atoms with Gasteiger partial charge >= 0.3 is 0 Å². The van der Waals surface area contributed by atoms with Crippen molar-refractivity contribution in [1.29, 1.82) is 0 Å². The van der Waals surface area contributed by atoms with Crippen molar-refractivity contribution in [2.24, 2.45) is 0 Å². The molecule has 2 rings (SSSR count). The lowest BCUT2D eigenvalue weighted by atomic mass is 10.1. The molecule has 0 bridgehead atoms. The first-order chi connectivity index (χ1) is 9.49. The zero-order valence-electron chi connectivity index (χ0n) is 11.7. The Balaban J connectivity index is 1.95. The van der Waals surface area contributed by atoms with Crippen LogP contribution < -0.4 is 10.5 Å². The Morgan fingerprint density at radius 1 is 1.40 bits per heavy atom. The third kappa shape index (κ3) is 3.91. The van der Waals surface area contributed by atoms with E-state index in [4.69, 9.17) is 5.73 Å². The van der Waals surface area contributed by atoms with E-state index < -0.39 is 10.0 Å². The monoisotopic (exact) mass is 298 g/mol. The number of hydrogen-bond acceptors (Lipinski definition) is 5. The van der Waals surface area contributed by atoms with E-state index in [1.165, 1.54) is 37.6 Å². The molecule has 0 radical (unpaired) electrons. The van der Waals surface area contributed by atoms with Gasteiger partial charge in [0.15, 0.2) is 0 Å². The SMILES string of the molecule is CC(CNS(=O)(=O)c1ccnc(N)c1)N1CCCCC1. The summed E-state index contributed by atoms with van der Waals surface area (Å²) in [5, 5.41) is 0. The van der Waals surface area contributed by atoms with Gasteiger partial charge in [-0.2, -0.15) is 0 Å². The highest BCUT2D eigenvalue weighted by Crippen LogP contribution is 2.13. The molecule has 0 amide bonds. The second-order valence-electron chi connectivity index (χ2n) is 5.21. The molecular formula is C13H22N4O2S. The fraction of sp³-hybridized carbons (Fsp3) is 0.615. The summed E-state index contributed by atoms with van der Waals surface area (Å²) in [5.41, 5.74) is 5.52. The smallest absolute Gasteiger partial charge is 0.240 e. The zero-order chi connectivity index (χ0) is 14.6. The maximum absolute atomic E-state index is 12.2. The Morgan fingerprint density at radius 3 is 2.75 bits per heavy atom. The van der Waals surface area contributed by atoms with Gasteiger partial charge in [0.2, 0.25) is 10.0 Å². The molecule has 1 aromatic rings. The van der Waals surface area contributed by atoms with Gasteiger partial charge in [-0.3, -0.25) is 4.90 Å². The van der Waals surface area contributed by atoms with Crippen molar-refractivity contribution in [3.8, 4) is 0 Å². The van der Waals surface area contributed by atoms with Crippen LogP contribution in [0.15, 0.2) is 23.2 Å². The highest BCUT2D eigenvalue weighted by atomic mass is 32.2. The summed E-state index contributed by atoms with van der Waals surface area (Å²) in [6, 6.07) is 3.02. The van der Waals surface area contributed by atoms with Crippen LogP contribution in [-0.2, 0) is 10.0 Å². The molecule has 3 N–H and O–H groups in total. The number of nitrogen functional groups attached to an aromatic ring is 1. The van der Waals surface area contributed by atoms with Crippen LogP contribution >= 0.6 is 0 Å². The van der Waals surface area contributed by atoms with E-state index >= 15 is 0 Å². The van der Waals surface area contributed by atoms with Crippen molar-refractivity contribution < 1.29 is 8.42 Å². The van der Waals surface area contributed by atoms with Crippen molar-refractivity contribution in [1.82, 2.24) is 14.6 Å². The number of nitrogens with zero attached hydrogens (tertiary/aromatic N) is 2. The molecule has 2 heterocycles. The number of nitrogens with two attached hydrogens (primary N) is 1. The minimum atomic E-state index is -3.51. The number of aromatic nitrogens is 1. The van der Waals surface area contributed by atoms with Crippen molar-refractivity contribution >= 4 is 15.8 Å². The van der Waals surface area contributed by atoms with Gasteiger partial charge in [0.25, 0.3) is 0 Å². The Bertz CT molecular complexity index is 541. The van der Waals surface area contributed by atoms with Gasteiger partial charge in [0.1, 0.15) is 5.82 Å². The van der Waals surface area contributed by atoms with Crippen LogP contribution in [0.4, 0.5) is 5.82 Å². The van der Waals surface area contributed by atoms with Crippen LogP contribution in [0, 0.1) is 0 Å². The van der Waals surface area contributed by atoms with Crippen LogP contribution in [0.25, 0.3) is 0 Å².